The van der Waals surface area contributed by atoms with E-state index in [1.807, 2.05) is 60.7 Å². The third kappa shape index (κ3) is 6.77. The van der Waals surface area contributed by atoms with Gasteiger partial charge in [-0.3, -0.25) is 0 Å². The van der Waals surface area contributed by atoms with E-state index in [1.54, 1.807) is 24.3 Å². The topological polar surface area (TPSA) is 52.6 Å². The zero-order valence-corrected chi connectivity index (χ0v) is 33.4. The van der Waals surface area contributed by atoms with Crippen LogP contribution in [0.1, 0.15) is 54.1 Å². The van der Waals surface area contributed by atoms with Gasteiger partial charge in [-0.05, 0) is 149 Å². The number of esters is 2. The van der Waals surface area contributed by atoms with E-state index in [-0.39, 0.29) is 25.2 Å². The molecule has 0 fully saturated rings. The molecular weight excluding hydrogens is 761 g/mol. The average molecular weight is 795 g/mol. The highest BCUT2D eigenvalue weighted by atomic mass is 16.5. The Labute approximate surface area is 357 Å². The van der Waals surface area contributed by atoms with E-state index >= 15 is 0 Å². The monoisotopic (exact) mass is 794 g/mol. The molecule has 0 spiro atoms. The van der Waals surface area contributed by atoms with Crippen molar-refractivity contribution in [1.82, 2.24) is 0 Å². The Balaban J connectivity index is 0.696. The van der Waals surface area contributed by atoms with Crippen LogP contribution in [-0.2, 0) is 22.7 Å². The van der Waals surface area contributed by atoms with Gasteiger partial charge in [0.2, 0.25) is 0 Å². The smallest absolute Gasteiger partial charge is 0.338 e. The maximum Gasteiger partial charge on any atom is 0.338 e. The lowest BCUT2D eigenvalue weighted by Crippen LogP contribution is -2.05. The van der Waals surface area contributed by atoms with Crippen molar-refractivity contribution in [1.29, 1.82) is 0 Å². The summed E-state index contributed by atoms with van der Waals surface area (Å²) in [5, 5.41) is 14.3. The number of carbonyl (C=O) groups is 2. The molecule has 4 heteroatoms. The van der Waals surface area contributed by atoms with Gasteiger partial charge in [-0.25, -0.2) is 9.59 Å². The van der Waals surface area contributed by atoms with Crippen LogP contribution >= 0.6 is 0 Å². The fourth-order valence-electron chi connectivity index (χ4n) is 8.60. The normalized spacial score (nSPS) is 11.2. The number of rotatable bonds is 6. The van der Waals surface area contributed by atoms with Crippen molar-refractivity contribution in [3.8, 4) is 23.7 Å². The van der Waals surface area contributed by atoms with Crippen molar-refractivity contribution < 1.29 is 19.1 Å². The van der Waals surface area contributed by atoms with Crippen LogP contribution < -0.4 is 0 Å². The van der Waals surface area contributed by atoms with Gasteiger partial charge in [0.15, 0.2) is 0 Å². The first kappa shape index (κ1) is 36.6. The number of ether oxygens (including phenoxy) is 2. The lowest BCUT2D eigenvalue weighted by atomic mass is 9.92. The first-order valence-corrected chi connectivity index (χ1v) is 20.5. The van der Waals surface area contributed by atoms with Crippen LogP contribution in [-0.4, -0.2) is 11.9 Å². The third-order valence-electron chi connectivity index (χ3n) is 11.8. The molecule has 0 unspecified atom stereocenters. The van der Waals surface area contributed by atoms with Gasteiger partial charge in [0, 0.05) is 22.3 Å². The van der Waals surface area contributed by atoms with Gasteiger partial charge < -0.3 is 9.47 Å². The predicted octanol–water partition coefficient (Wildman–Crippen LogP) is 13.0. The van der Waals surface area contributed by atoms with Crippen molar-refractivity contribution in [3.63, 3.8) is 0 Å². The molecule has 0 aliphatic rings. The Kier molecular flexibility index (Phi) is 9.04. The van der Waals surface area contributed by atoms with E-state index in [0.717, 1.165) is 44.2 Å². The third-order valence-corrected chi connectivity index (χ3v) is 11.8. The summed E-state index contributed by atoms with van der Waals surface area (Å²) in [6.07, 6.45) is 0. The number of hydrogen-bond acceptors (Lipinski definition) is 4. The Morgan fingerprint density at radius 2 is 0.613 bits per heavy atom. The van der Waals surface area contributed by atoms with E-state index in [1.165, 1.54) is 53.9 Å². The van der Waals surface area contributed by atoms with E-state index in [9.17, 15) is 9.59 Å². The molecule has 11 rings (SSSR count). The second-order valence-electron chi connectivity index (χ2n) is 15.5. The lowest BCUT2D eigenvalue weighted by molar-refractivity contribution is 0.0465. The van der Waals surface area contributed by atoms with Crippen LogP contribution in [0.5, 0.6) is 0 Å². The maximum atomic E-state index is 13.1. The maximum absolute atomic E-state index is 13.1. The largest absolute Gasteiger partial charge is 0.457 e. The summed E-state index contributed by atoms with van der Waals surface area (Å²) in [4.78, 5) is 26.1. The van der Waals surface area contributed by atoms with Gasteiger partial charge in [0.1, 0.15) is 13.2 Å². The first-order chi connectivity index (χ1) is 30.5. The molecule has 0 N–H and O–H groups in total. The molecule has 11 aromatic rings. The standard InChI is InChI=1S/C58H34O4/c59-57(61-35-49-29-27-45-25-23-41-3-1-5-43-31-33-51(49)55(45)53(41)43)47-19-15-39(16-20-47)13-11-37-7-9-38(10-8-37)12-14-40-17-21-48(22-18-40)58(60)62-36-50-30-28-46-26-24-42-4-2-6-44-32-34-52(50)56(46)54(42)44/h1-10,15-34H,35-36H2. The van der Waals surface area contributed by atoms with E-state index in [4.69, 9.17) is 9.47 Å². The summed E-state index contributed by atoms with van der Waals surface area (Å²) in [5.41, 5.74) is 6.17. The highest BCUT2D eigenvalue weighted by Crippen LogP contribution is 2.37. The van der Waals surface area contributed by atoms with Gasteiger partial charge in [-0.2, -0.15) is 0 Å². The molecule has 0 atom stereocenters. The van der Waals surface area contributed by atoms with Crippen molar-refractivity contribution in [2.45, 2.75) is 13.2 Å². The molecule has 290 valence electrons. The predicted molar refractivity (Wildman–Crippen MR) is 250 cm³/mol. The highest BCUT2D eigenvalue weighted by molar-refractivity contribution is 6.24. The summed E-state index contributed by atoms with van der Waals surface area (Å²) in [5.74, 6) is 12.0. The fourth-order valence-corrected chi connectivity index (χ4v) is 8.60. The molecule has 0 aromatic heterocycles. The Bertz CT molecular complexity index is 3380. The molecule has 0 bridgehead atoms. The molecule has 0 amide bonds. The molecule has 0 heterocycles. The molecule has 0 aliphatic carbocycles. The minimum absolute atomic E-state index is 0.184. The van der Waals surface area contributed by atoms with Crippen LogP contribution in [0.3, 0.4) is 0 Å². The molecule has 0 radical (unpaired) electrons. The van der Waals surface area contributed by atoms with Crippen molar-refractivity contribution in [3.05, 3.63) is 226 Å². The summed E-state index contributed by atoms with van der Waals surface area (Å²) in [6.45, 7) is 0.368. The average Bonchev–Trinajstić information content (AvgIpc) is 3.33. The second-order valence-corrected chi connectivity index (χ2v) is 15.5. The minimum atomic E-state index is -0.378. The SMILES string of the molecule is O=C(OCc1ccc2ccc3cccc4ccc1c2c34)c1ccc(C#Cc2ccc(C#Cc3ccc(C(=O)OCc4ccc5ccc6cccc7ccc4c5c67)cc3)cc2)cc1. The Morgan fingerprint density at radius 1 is 0.323 bits per heavy atom. The first-order valence-electron chi connectivity index (χ1n) is 20.5. The van der Waals surface area contributed by atoms with Crippen LogP contribution in [0.25, 0.3) is 64.6 Å². The summed E-state index contributed by atoms with van der Waals surface area (Å²) in [7, 11) is 0. The van der Waals surface area contributed by atoms with Crippen LogP contribution in [0.15, 0.2) is 182 Å². The quantitative estimate of drug-likeness (QED) is 0.0956. The summed E-state index contributed by atoms with van der Waals surface area (Å²) in [6, 6.07) is 60.2. The number of hydrogen-bond donors (Lipinski definition) is 0. The van der Waals surface area contributed by atoms with Gasteiger partial charge in [-0.15, -0.1) is 0 Å². The Morgan fingerprint density at radius 3 is 0.968 bits per heavy atom. The fraction of sp³-hybridized carbons (Fsp3) is 0.0345. The summed E-state index contributed by atoms with van der Waals surface area (Å²) >= 11 is 0. The second kappa shape index (κ2) is 15.3. The van der Waals surface area contributed by atoms with E-state index in [2.05, 4.69) is 121 Å². The zero-order valence-electron chi connectivity index (χ0n) is 33.4. The molecular formula is C58H34O4. The van der Waals surface area contributed by atoms with Gasteiger partial charge >= 0.3 is 11.9 Å². The minimum Gasteiger partial charge on any atom is -0.457 e. The molecule has 0 aliphatic heterocycles. The molecule has 11 aromatic carbocycles. The van der Waals surface area contributed by atoms with E-state index in [0.29, 0.717) is 11.1 Å². The van der Waals surface area contributed by atoms with Gasteiger partial charge in [-0.1, -0.05) is 133 Å². The highest BCUT2D eigenvalue weighted by Gasteiger charge is 2.15. The number of carbonyl (C=O) groups excluding carboxylic acids is 2. The van der Waals surface area contributed by atoms with Crippen molar-refractivity contribution >= 4 is 76.6 Å². The van der Waals surface area contributed by atoms with Crippen LogP contribution in [0, 0.1) is 23.7 Å². The van der Waals surface area contributed by atoms with Gasteiger partial charge in [0.05, 0.1) is 11.1 Å². The zero-order chi connectivity index (χ0) is 41.6. The molecule has 4 nitrogen and oxygen atoms in total. The summed E-state index contributed by atoms with van der Waals surface area (Å²) < 4.78 is 11.6. The Hall–Kier alpha value is -8.44. The number of benzene rings is 11. The van der Waals surface area contributed by atoms with E-state index < -0.39 is 0 Å². The molecule has 62 heavy (non-hydrogen) atoms. The van der Waals surface area contributed by atoms with Gasteiger partial charge in [0.25, 0.3) is 0 Å². The molecule has 0 saturated heterocycles. The lowest BCUT2D eigenvalue weighted by Gasteiger charge is -2.14. The van der Waals surface area contributed by atoms with Crippen LogP contribution in [0.4, 0.5) is 0 Å². The molecule has 0 saturated carbocycles. The van der Waals surface area contributed by atoms with Crippen molar-refractivity contribution in [2.75, 3.05) is 0 Å². The van der Waals surface area contributed by atoms with Crippen molar-refractivity contribution in [2.24, 2.45) is 0 Å². The van der Waals surface area contributed by atoms with Crippen LogP contribution in [0.2, 0.25) is 0 Å².